The standard InChI is InChI=1S/C20H27N5O.HI/c1-21-19(25-10-7-20(15-25)8-12-26-16-20)23-13-18-22-9-11-24(18)14-17-5-3-2-4-6-17;/h2-6,9,11H,7-8,10,12-16H2,1H3,(H,21,23);1H. The van der Waals surface area contributed by atoms with E-state index in [4.69, 9.17) is 4.74 Å². The summed E-state index contributed by atoms with van der Waals surface area (Å²) in [6, 6.07) is 10.5. The number of likely N-dealkylation sites (tertiary alicyclic amines) is 1. The van der Waals surface area contributed by atoms with Gasteiger partial charge in [-0.15, -0.1) is 24.0 Å². The van der Waals surface area contributed by atoms with Crippen molar-refractivity contribution in [2.45, 2.75) is 25.9 Å². The van der Waals surface area contributed by atoms with Crippen LogP contribution in [0.3, 0.4) is 0 Å². The highest BCUT2D eigenvalue weighted by atomic mass is 127. The second-order valence-corrected chi connectivity index (χ2v) is 7.33. The number of nitrogens with one attached hydrogen (secondary N) is 1. The number of guanidine groups is 1. The van der Waals surface area contributed by atoms with Crippen molar-refractivity contribution in [1.82, 2.24) is 19.8 Å². The minimum absolute atomic E-state index is 0. The van der Waals surface area contributed by atoms with Gasteiger partial charge in [0.25, 0.3) is 0 Å². The summed E-state index contributed by atoms with van der Waals surface area (Å²) in [5.41, 5.74) is 1.61. The number of benzene rings is 1. The second-order valence-electron chi connectivity index (χ2n) is 7.33. The Balaban J connectivity index is 0.00000210. The summed E-state index contributed by atoms with van der Waals surface area (Å²) < 4.78 is 7.82. The largest absolute Gasteiger partial charge is 0.381 e. The summed E-state index contributed by atoms with van der Waals surface area (Å²) in [6.45, 7) is 5.37. The first-order chi connectivity index (χ1) is 12.8. The molecule has 0 saturated carbocycles. The lowest BCUT2D eigenvalue weighted by atomic mass is 9.87. The van der Waals surface area contributed by atoms with Crippen LogP contribution in [0.4, 0.5) is 0 Å². The number of hydrogen-bond donors (Lipinski definition) is 1. The van der Waals surface area contributed by atoms with E-state index in [9.17, 15) is 0 Å². The summed E-state index contributed by atoms with van der Waals surface area (Å²) >= 11 is 0. The van der Waals surface area contributed by atoms with Crippen LogP contribution in [-0.4, -0.2) is 53.8 Å². The van der Waals surface area contributed by atoms with E-state index < -0.39 is 0 Å². The normalized spacial score (nSPS) is 22.3. The maximum absolute atomic E-state index is 5.63. The molecule has 2 saturated heterocycles. The SMILES string of the molecule is CN=C(NCc1nccn1Cc1ccccc1)N1CCC2(CCOC2)C1.I. The zero-order chi connectivity index (χ0) is 17.8. The number of halogens is 1. The number of imidazole rings is 1. The van der Waals surface area contributed by atoms with Gasteiger partial charge in [-0.1, -0.05) is 30.3 Å². The van der Waals surface area contributed by atoms with Gasteiger partial charge in [0.1, 0.15) is 5.82 Å². The number of rotatable bonds is 4. The zero-order valence-corrected chi connectivity index (χ0v) is 18.1. The Morgan fingerprint density at radius 1 is 1.30 bits per heavy atom. The molecule has 2 fully saturated rings. The van der Waals surface area contributed by atoms with E-state index in [-0.39, 0.29) is 24.0 Å². The van der Waals surface area contributed by atoms with Gasteiger partial charge in [0, 0.05) is 51.1 Å². The first-order valence-corrected chi connectivity index (χ1v) is 9.35. The second kappa shape index (κ2) is 9.05. The molecular weight excluding hydrogens is 453 g/mol. The molecule has 1 aromatic heterocycles. The van der Waals surface area contributed by atoms with Crippen LogP contribution in [-0.2, 0) is 17.8 Å². The molecule has 0 bridgehead atoms. The number of nitrogens with zero attached hydrogens (tertiary/aromatic N) is 4. The molecule has 7 heteroatoms. The summed E-state index contributed by atoms with van der Waals surface area (Å²) in [5.74, 6) is 1.98. The molecule has 1 aromatic carbocycles. The molecule has 146 valence electrons. The topological polar surface area (TPSA) is 54.7 Å². The van der Waals surface area contributed by atoms with Crippen LogP contribution in [0.1, 0.15) is 24.2 Å². The fourth-order valence-corrected chi connectivity index (χ4v) is 4.01. The molecule has 0 amide bonds. The van der Waals surface area contributed by atoms with E-state index in [2.05, 4.69) is 49.0 Å². The molecule has 2 aromatic rings. The molecule has 1 N–H and O–H groups in total. The Bertz CT molecular complexity index is 755. The van der Waals surface area contributed by atoms with Gasteiger partial charge in [0.2, 0.25) is 0 Å². The third kappa shape index (κ3) is 4.63. The van der Waals surface area contributed by atoms with Crippen LogP contribution in [0.15, 0.2) is 47.7 Å². The average Bonchev–Trinajstić information content (AvgIpc) is 3.40. The summed E-state index contributed by atoms with van der Waals surface area (Å²) in [7, 11) is 1.86. The minimum Gasteiger partial charge on any atom is -0.381 e. The number of hydrogen-bond acceptors (Lipinski definition) is 3. The first-order valence-electron chi connectivity index (χ1n) is 9.35. The van der Waals surface area contributed by atoms with Crippen molar-refractivity contribution in [3.8, 4) is 0 Å². The first kappa shape index (κ1) is 20.1. The molecule has 3 heterocycles. The predicted molar refractivity (Wildman–Crippen MR) is 117 cm³/mol. The average molecular weight is 481 g/mol. The highest BCUT2D eigenvalue weighted by Gasteiger charge is 2.42. The monoisotopic (exact) mass is 481 g/mol. The van der Waals surface area contributed by atoms with Crippen molar-refractivity contribution in [1.29, 1.82) is 0 Å². The molecule has 2 aliphatic heterocycles. The summed E-state index contributed by atoms with van der Waals surface area (Å²) in [6.07, 6.45) is 6.26. The fourth-order valence-electron chi connectivity index (χ4n) is 4.01. The lowest BCUT2D eigenvalue weighted by molar-refractivity contribution is 0.156. The van der Waals surface area contributed by atoms with Gasteiger partial charge in [-0.3, -0.25) is 4.99 Å². The Morgan fingerprint density at radius 3 is 2.89 bits per heavy atom. The van der Waals surface area contributed by atoms with Crippen LogP contribution in [0.2, 0.25) is 0 Å². The fraction of sp³-hybridized carbons (Fsp3) is 0.500. The van der Waals surface area contributed by atoms with Crippen molar-refractivity contribution >= 4 is 29.9 Å². The van der Waals surface area contributed by atoms with Gasteiger partial charge >= 0.3 is 0 Å². The number of aliphatic imine (C=N–C) groups is 1. The molecule has 6 nitrogen and oxygen atoms in total. The van der Waals surface area contributed by atoms with Crippen molar-refractivity contribution in [3.63, 3.8) is 0 Å². The number of ether oxygens (including phenoxy) is 1. The molecule has 2 aliphatic rings. The summed E-state index contributed by atoms with van der Waals surface area (Å²) in [5, 5.41) is 3.50. The Hall–Kier alpha value is -1.61. The van der Waals surface area contributed by atoms with Gasteiger partial charge in [0.05, 0.1) is 13.2 Å². The van der Waals surface area contributed by atoms with Crippen molar-refractivity contribution in [2.24, 2.45) is 10.4 Å². The lowest BCUT2D eigenvalue weighted by Crippen LogP contribution is -2.41. The van der Waals surface area contributed by atoms with E-state index in [1.165, 1.54) is 18.4 Å². The van der Waals surface area contributed by atoms with Crippen LogP contribution < -0.4 is 5.32 Å². The maximum Gasteiger partial charge on any atom is 0.194 e. The molecule has 4 rings (SSSR count). The third-order valence-electron chi connectivity index (χ3n) is 5.54. The van der Waals surface area contributed by atoms with Crippen LogP contribution in [0, 0.1) is 5.41 Å². The Labute approximate surface area is 178 Å². The molecule has 1 spiro atoms. The molecule has 1 unspecified atom stereocenters. The van der Waals surface area contributed by atoms with Gasteiger partial charge < -0.3 is 19.5 Å². The Morgan fingerprint density at radius 2 is 2.15 bits per heavy atom. The number of aromatic nitrogens is 2. The van der Waals surface area contributed by atoms with Crippen LogP contribution in [0.5, 0.6) is 0 Å². The van der Waals surface area contributed by atoms with Crippen LogP contribution in [0.25, 0.3) is 0 Å². The van der Waals surface area contributed by atoms with Crippen molar-refractivity contribution in [3.05, 3.63) is 54.1 Å². The quantitative estimate of drug-likeness (QED) is 0.415. The molecule has 1 atom stereocenters. The predicted octanol–water partition coefficient (Wildman–Crippen LogP) is 2.74. The Kier molecular flexibility index (Phi) is 6.75. The third-order valence-corrected chi connectivity index (χ3v) is 5.54. The van der Waals surface area contributed by atoms with Crippen LogP contribution >= 0.6 is 24.0 Å². The van der Waals surface area contributed by atoms with E-state index >= 15 is 0 Å². The molecule has 0 aliphatic carbocycles. The van der Waals surface area contributed by atoms with E-state index in [0.717, 1.165) is 44.6 Å². The van der Waals surface area contributed by atoms with E-state index in [1.807, 2.05) is 25.5 Å². The van der Waals surface area contributed by atoms with Gasteiger partial charge in [-0.05, 0) is 18.4 Å². The van der Waals surface area contributed by atoms with Crippen molar-refractivity contribution < 1.29 is 4.74 Å². The van der Waals surface area contributed by atoms with E-state index in [0.29, 0.717) is 12.0 Å². The highest BCUT2D eigenvalue weighted by Crippen LogP contribution is 2.38. The zero-order valence-electron chi connectivity index (χ0n) is 15.8. The van der Waals surface area contributed by atoms with Crippen molar-refractivity contribution in [2.75, 3.05) is 33.4 Å². The smallest absolute Gasteiger partial charge is 0.194 e. The molecule has 27 heavy (non-hydrogen) atoms. The van der Waals surface area contributed by atoms with E-state index in [1.54, 1.807) is 0 Å². The summed E-state index contributed by atoms with van der Waals surface area (Å²) in [4.78, 5) is 11.4. The van der Waals surface area contributed by atoms with Gasteiger partial charge in [-0.2, -0.15) is 0 Å². The van der Waals surface area contributed by atoms with Gasteiger partial charge in [-0.25, -0.2) is 4.98 Å². The molecule has 0 radical (unpaired) electrons. The lowest BCUT2D eigenvalue weighted by Gasteiger charge is -2.25. The molecular formula is C20H28IN5O. The minimum atomic E-state index is 0. The highest BCUT2D eigenvalue weighted by molar-refractivity contribution is 14.0. The maximum atomic E-state index is 5.63. The van der Waals surface area contributed by atoms with Gasteiger partial charge in [0.15, 0.2) is 5.96 Å².